The van der Waals surface area contributed by atoms with Gasteiger partial charge < -0.3 is 5.73 Å². The lowest BCUT2D eigenvalue weighted by atomic mass is 9.98. The van der Waals surface area contributed by atoms with Crippen molar-refractivity contribution in [1.29, 1.82) is 0 Å². The molecule has 3 heteroatoms. The molecule has 1 fully saturated rings. The van der Waals surface area contributed by atoms with E-state index < -0.39 is 0 Å². The standard InChI is InChI=1S/C16H25ClN2/c1-2-13-4-3-8-19(9-7-13)12-15-6-5-14(11-18)10-16(15)17/h5-6,10,13H,2-4,7-9,11-12,18H2,1H3. The van der Waals surface area contributed by atoms with Gasteiger partial charge in [0.15, 0.2) is 0 Å². The summed E-state index contributed by atoms with van der Waals surface area (Å²) in [4.78, 5) is 2.54. The largest absolute Gasteiger partial charge is 0.326 e. The van der Waals surface area contributed by atoms with Crippen LogP contribution in [-0.2, 0) is 13.1 Å². The summed E-state index contributed by atoms with van der Waals surface area (Å²) in [5.74, 6) is 0.917. The molecule has 0 bridgehead atoms. The van der Waals surface area contributed by atoms with Gasteiger partial charge in [-0.1, -0.05) is 37.1 Å². The quantitative estimate of drug-likeness (QED) is 0.909. The Hall–Kier alpha value is -0.570. The molecule has 0 saturated carbocycles. The van der Waals surface area contributed by atoms with Gasteiger partial charge in [-0.05, 0) is 55.5 Å². The molecule has 1 aromatic carbocycles. The Morgan fingerprint density at radius 1 is 1.32 bits per heavy atom. The average Bonchev–Trinajstić information content (AvgIpc) is 2.66. The molecule has 1 aliphatic rings. The Labute approximate surface area is 121 Å². The van der Waals surface area contributed by atoms with Crippen LogP contribution in [0.2, 0.25) is 5.02 Å². The van der Waals surface area contributed by atoms with E-state index in [1.807, 2.05) is 6.07 Å². The second-order valence-corrected chi connectivity index (χ2v) is 6.02. The Kier molecular flexibility index (Phi) is 5.68. The predicted octanol–water partition coefficient (Wildman–Crippen LogP) is 3.81. The fourth-order valence-electron chi connectivity index (χ4n) is 2.88. The van der Waals surface area contributed by atoms with Gasteiger partial charge in [-0.2, -0.15) is 0 Å². The summed E-state index contributed by atoms with van der Waals surface area (Å²) in [6, 6.07) is 6.23. The summed E-state index contributed by atoms with van der Waals surface area (Å²) in [5, 5.41) is 0.860. The third kappa shape index (κ3) is 4.20. The molecule has 1 atom stereocenters. The first-order valence-corrected chi connectivity index (χ1v) is 7.80. The smallest absolute Gasteiger partial charge is 0.0454 e. The zero-order valence-corrected chi connectivity index (χ0v) is 12.6. The van der Waals surface area contributed by atoms with Crippen LogP contribution < -0.4 is 5.73 Å². The maximum absolute atomic E-state index is 6.34. The van der Waals surface area contributed by atoms with Crippen molar-refractivity contribution in [2.75, 3.05) is 13.1 Å². The number of benzene rings is 1. The maximum atomic E-state index is 6.34. The van der Waals surface area contributed by atoms with E-state index >= 15 is 0 Å². The Morgan fingerprint density at radius 3 is 2.84 bits per heavy atom. The van der Waals surface area contributed by atoms with Crippen molar-refractivity contribution in [3.05, 3.63) is 34.3 Å². The van der Waals surface area contributed by atoms with E-state index in [9.17, 15) is 0 Å². The molecule has 1 aliphatic heterocycles. The number of halogens is 1. The van der Waals surface area contributed by atoms with Crippen molar-refractivity contribution in [1.82, 2.24) is 4.90 Å². The Morgan fingerprint density at radius 2 is 2.16 bits per heavy atom. The minimum Gasteiger partial charge on any atom is -0.326 e. The molecule has 1 unspecified atom stereocenters. The normalized spacial score (nSPS) is 21.3. The first kappa shape index (κ1) is 14.8. The van der Waals surface area contributed by atoms with Gasteiger partial charge in [0.25, 0.3) is 0 Å². The molecule has 0 amide bonds. The van der Waals surface area contributed by atoms with Crippen molar-refractivity contribution >= 4 is 11.6 Å². The highest BCUT2D eigenvalue weighted by molar-refractivity contribution is 6.31. The van der Waals surface area contributed by atoms with E-state index in [-0.39, 0.29) is 0 Å². The molecule has 1 aromatic rings. The fraction of sp³-hybridized carbons (Fsp3) is 0.625. The first-order chi connectivity index (χ1) is 9.22. The van der Waals surface area contributed by atoms with Crippen molar-refractivity contribution in [3.63, 3.8) is 0 Å². The molecule has 19 heavy (non-hydrogen) atoms. The van der Waals surface area contributed by atoms with Crippen molar-refractivity contribution in [3.8, 4) is 0 Å². The summed E-state index contributed by atoms with van der Waals surface area (Å²) in [6.45, 7) is 6.24. The topological polar surface area (TPSA) is 29.3 Å². The van der Waals surface area contributed by atoms with Gasteiger partial charge in [-0.25, -0.2) is 0 Å². The van der Waals surface area contributed by atoms with E-state index in [0.29, 0.717) is 6.54 Å². The van der Waals surface area contributed by atoms with Crippen LogP contribution in [0.4, 0.5) is 0 Å². The van der Waals surface area contributed by atoms with Crippen LogP contribution in [0.25, 0.3) is 0 Å². The van der Waals surface area contributed by atoms with Crippen LogP contribution in [0.3, 0.4) is 0 Å². The second-order valence-electron chi connectivity index (χ2n) is 5.61. The lowest BCUT2D eigenvalue weighted by molar-refractivity contribution is 0.272. The van der Waals surface area contributed by atoms with E-state index in [0.717, 1.165) is 23.0 Å². The van der Waals surface area contributed by atoms with Gasteiger partial charge in [-0.3, -0.25) is 4.90 Å². The monoisotopic (exact) mass is 280 g/mol. The number of hydrogen-bond acceptors (Lipinski definition) is 2. The zero-order valence-electron chi connectivity index (χ0n) is 11.9. The summed E-state index contributed by atoms with van der Waals surface area (Å²) in [6.07, 6.45) is 5.35. The molecule has 1 heterocycles. The summed E-state index contributed by atoms with van der Waals surface area (Å²) in [5.41, 5.74) is 7.97. The SMILES string of the molecule is CCC1CCCN(Cc2ccc(CN)cc2Cl)CC1. The fourth-order valence-corrected chi connectivity index (χ4v) is 3.14. The minimum atomic E-state index is 0.557. The molecule has 0 aliphatic carbocycles. The third-order valence-corrected chi connectivity index (χ3v) is 4.62. The summed E-state index contributed by atoms with van der Waals surface area (Å²) in [7, 11) is 0. The molecule has 0 aromatic heterocycles. The first-order valence-electron chi connectivity index (χ1n) is 7.42. The average molecular weight is 281 g/mol. The molecule has 106 valence electrons. The van der Waals surface area contributed by atoms with Crippen LogP contribution in [0, 0.1) is 5.92 Å². The van der Waals surface area contributed by atoms with Crippen molar-refractivity contribution in [2.45, 2.75) is 45.7 Å². The molecule has 2 nitrogen and oxygen atoms in total. The Bertz CT molecular complexity index is 406. The number of nitrogens with zero attached hydrogens (tertiary/aromatic N) is 1. The molecule has 0 spiro atoms. The van der Waals surface area contributed by atoms with Crippen LogP contribution in [-0.4, -0.2) is 18.0 Å². The van der Waals surface area contributed by atoms with E-state index in [1.165, 1.54) is 44.3 Å². The van der Waals surface area contributed by atoms with Crippen LogP contribution in [0.5, 0.6) is 0 Å². The third-order valence-electron chi connectivity index (χ3n) is 4.26. The van der Waals surface area contributed by atoms with Crippen LogP contribution in [0.1, 0.15) is 43.7 Å². The molecule has 2 rings (SSSR count). The lowest BCUT2D eigenvalue weighted by Gasteiger charge is -2.21. The highest BCUT2D eigenvalue weighted by Crippen LogP contribution is 2.24. The minimum absolute atomic E-state index is 0.557. The molecule has 1 saturated heterocycles. The van der Waals surface area contributed by atoms with Gasteiger partial charge in [0.05, 0.1) is 0 Å². The van der Waals surface area contributed by atoms with Gasteiger partial charge in [0.2, 0.25) is 0 Å². The lowest BCUT2D eigenvalue weighted by Crippen LogP contribution is -2.24. The predicted molar refractivity (Wildman–Crippen MR) is 82.3 cm³/mol. The van der Waals surface area contributed by atoms with E-state index in [2.05, 4.69) is 24.0 Å². The summed E-state index contributed by atoms with van der Waals surface area (Å²) < 4.78 is 0. The number of rotatable bonds is 4. The van der Waals surface area contributed by atoms with E-state index in [1.54, 1.807) is 0 Å². The van der Waals surface area contributed by atoms with Gasteiger partial charge in [-0.15, -0.1) is 0 Å². The van der Waals surface area contributed by atoms with E-state index in [4.69, 9.17) is 17.3 Å². The molecular weight excluding hydrogens is 256 g/mol. The highest BCUT2D eigenvalue weighted by Gasteiger charge is 2.16. The molecule has 2 N–H and O–H groups in total. The number of likely N-dealkylation sites (tertiary alicyclic amines) is 1. The van der Waals surface area contributed by atoms with Gasteiger partial charge in [0.1, 0.15) is 0 Å². The van der Waals surface area contributed by atoms with Crippen molar-refractivity contribution < 1.29 is 0 Å². The van der Waals surface area contributed by atoms with Crippen LogP contribution >= 0.6 is 11.6 Å². The van der Waals surface area contributed by atoms with Crippen LogP contribution in [0.15, 0.2) is 18.2 Å². The summed E-state index contributed by atoms with van der Waals surface area (Å²) >= 11 is 6.34. The highest BCUT2D eigenvalue weighted by atomic mass is 35.5. The zero-order chi connectivity index (χ0) is 13.7. The molecule has 0 radical (unpaired) electrons. The number of hydrogen-bond donors (Lipinski definition) is 1. The Balaban J connectivity index is 1.97. The second kappa shape index (κ2) is 7.28. The molecular formula is C16H25ClN2. The van der Waals surface area contributed by atoms with Gasteiger partial charge in [0, 0.05) is 18.1 Å². The van der Waals surface area contributed by atoms with Gasteiger partial charge >= 0.3 is 0 Å². The number of nitrogens with two attached hydrogens (primary N) is 1. The van der Waals surface area contributed by atoms with Crippen molar-refractivity contribution in [2.24, 2.45) is 11.7 Å². The maximum Gasteiger partial charge on any atom is 0.0454 e.